The molecular weight excluding hydrogens is 168 g/mol. The lowest BCUT2D eigenvalue weighted by Crippen LogP contribution is -2.65. The van der Waals surface area contributed by atoms with E-state index in [1.807, 2.05) is 0 Å². The fourth-order valence-electron chi connectivity index (χ4n) is 2.26. The highest BCUT2D eigenvalue weighted by molar-refractivity contribution is 7.99. The van der Waals surface area contributed by atoms with Crippen LogP contribution < -0.4 is 10.6 Å². The first-order valence-electron chi connectivity index (χ1n) is 4.87. The van der Waals surface area contributed by atoms with Gasteiger partial charge in [-0.15, -0.1) is 0 Å². The molecule has 2 nitrogen and oxygen atoms in total. The fourth-order valence-corrected chi connectivity index (χ4v) is 3.47. The predicted molar refractivity (Wildman–Crippen MR) is 54.8 cm³/mol. The molecule has 2 heterocycles. The lowest BCUT2D eigenvalue weighted by Gasteiger charge is -2.44. The first-order valence-corrected chi connectivity index (χ1v) is 6.02. The van der Waals surface area contributed by atoms with Crippen LogP contribution in [-0.4, -0.2) is 36.2 Å². The van der Waals surface area contributed by atoms with E-state index in [2.05, 4.69) is 29.3 Å². The molecule has 2 aliphatic rings. The summed E-state index contributed by atoms with van der Waals surface area (Å²) in [7, 11) is 0. The Morgan fingerprint density at radius 2 is 2.42 bits per heavy atom. The van der Waals surface area contributed by atoms with E-state index in [0.717, 1.165) is 6.54 Å². The second-order valence-electron chi connectivity index (χ2n) is 4.11. The van der Waals surface area contributed by atoms with Gasteiger partial charge in [0.2, 0.25) is 0 Å². The zero-order valence-corrected chi connectivity index (χ0v) is 8.54. The van der Waals surface area contributed by atoms with Gasteiger partial charge < -0.3 is 10.6 Å². The highest BCUT2D eigenvalue weighted by Gasteiger charge is 2.35. The summed E-state index contributed by atoms with van der Waals surface area (Å²) in [5.74, 6) is 2.65. The Morgan fingerprint density at radius 3 is 3.08 bits per heavy atom. The summed E-state index contributed by atoms with van der Waals surface area (Å²) in [5.41, 5.74) is 0.431. The van der Waals surface area contributed by atoms with Gasteiger partial charge in [0.05, 0.1) is 0 Å². The van der Waals surface area contributed by atoms with Crippen LogP contribution in [0.1, 0.15) is 19.8 Å². The first kappa shape index (κ1) is 8.85. The summed E-state index contributed by atoms with van der Waals surface area (Å²) in [6, 6.07) is 0.650. The molecule has 0 saturated carbocycles. The second-order valence-corrected chi connectivity index (χ2v) is 5.22. The van der Waals surface area contributed by atoms with Gasteiger partial charge in [-0.2, -0.15) is 11.8 Å². The van der Waals surface area contributed by atoms with E-state index in [9.17, 15) is 0 Å². The van der Waals surface area contributed by atoms with Crippen molar-refractivity contribution in [3.05, 3.63) is 0 Å². The lowest BCUT2D eigenvalue weighted by molar-refractivity contribution is 0.237. The van der Waals surface area contributed by atoms with Crippen LogP contribution in [0.15, 0.2) is 0 Å². The molecule has 0 bridgehead atoms. The van der Waals surface area contributed by atoms with Crippen molar-refractivity contribution in [3.8, 4) is 0 Å². The quantitative estimate of drug-likeness (QED) is 0.586. The molecule has 0 aromatic rings. The fraction of sp³-hybridized carbons (Fsp3) is 1.00. The van der Waals surface area contributed by atoms with Crippen molar-refractivity contribution >= 4 is 11.8 Å². The number of hydrogen-bond acceptors (Lipinski definition) is 3. The molecule has 0 aromatic carbocycles. The molecule has 70 valence electrons. The van der Waals surface area contributed by atoms with Gasteiger partial charge in [-0.3, -0.25) is 0 Å². The first-order chi connectivity index (χ1) is 5.81. The molecule has 12 heavy (non-hydrogen) atoms. The summed E-state index contributed by atoms with van der Waals surface area (Å²) in [6.07, 6.45) is 2.74. The van der Waals surface area contributed by atoms with Crippen molar-refractivity contribution in [3.63, 3.8) is 0 Å². The van der Waals surface area contributed by atoms with E-state index >= 15 is 0 Å². The molecule has 2 unspecified atom stereocenters. The van der Waals surface area contributed by atoms with E-state index in [1.54, 1.807) is 0 Å². The molecule has 0 aromatic heterocycles. The van der Waals surface area contributed by atoms with Crippen molar-refractivity contribution in [2.75, 3.05) is 24.6 Å². The smallest absolute Gasteiger partial charge is 0.0400 e. The van der Waals surface area contributed by atoms with Gasteiger partial charge in [0.25, 0.3) is 0 Å². The van der Waals surface area contributed by atoms with Crippen molar-refractivity contribution in [2.24, 2.45) is 0 Å². The third-order valence-corrected chi connectivity index (χ3v) is 4.12. The molecule has 2 rings (SSSR count). The summed E-state index contributed by atoms with van der Waals surface area (Å²) in [5, 5.41) is 7.27. The van der Waals surface area contributed by atoms with Crippen LogP contribution in [0.25, 0.3) is 0 Å². The molecule has 3 heteroatoms. The molecule has 2 aliphatic heterocycles. The largest absolute Gasteiger partial charge is 0.313 e. The van der Waals surface area contributed by atoms with Crippen LogP contribution >= 0.6 is 11.8 Å². The third kappa shape index (κ3) is 1.78. The average Bonchev–Trinajstić information content (AvgIpc) is 2.05. The minimum absolute atomic E-state index is 0.431. The van der Waals surface area contributed by atoms with Crippen molar-refractivity contribution in [1.82, 2.24) is 10.6 Å². The maximum atomic E-state index is 3.75. The number of piperazine rings is 1. The minimum atomic E-state index is 0.431. The Labute approximate surface area is 78.9 Å². The van der Waals surface area contributed by atoms with Crippen LogP contribution in [-0.2, 0) is 0 Å². The average molecular weight is 186 g/mol. The number of nitrogens with one attached hydrogen (secondary N) is 2. The standard InChI is InChI=1S/C9H18N2S/c1-8-5-10-6-9(11-8)3-2-4-12-7-9/h8,10-11H,2-7H2,1H3. The second kappa shape index (κ2) is 3.56. The van der Waals surface area contributed by atoms with Crippen LogP contribution in [0, 0.1) is 0 Å². The highest BCUT2D eigenvalue weighted by atomic mass is 32.2. The van der Waals surface area contributed by atoms with Crippen molar-refractivity contribution in [2.45, 2.75) is 31.3 Å². The molecule has 0 radical (unpaired) electrons. The van der Waals surface area contributed by atoms with Gasteiger partial charge in [0.15, 0.2) is 0 Å². The van der Waals surface area contributed by atoms with Crippen LogP contribution in [0.4, 0.5) is 0 Å². The monoisotopic (exact) mass is 186 g/mol. The van der Waals surface area contributed by atoms with Gasteiger partial charge in [0.1, 0.15) is 0 Å². The molecule has 0 amide bonds. The maximum Gasteiger partial charge on any atom is 0.0400 e. The van der Waals surface area contributed by atoms with Crippen molar-refractivity contribution < 1.29 is 0 Å². The maximum absolute atomic E-state index is 3.75. The molecule has 2 saturated heterocycles. The van der Waals surface area contributed by atoms with Crippen molar-refractivity contribution in [1.29, 1.82) is 0 Å². The van der Waals surface area contributed by atoms with E-state index in [4.69, 9.17) is 0 Å². The van der Waals surface area contributed by atoms with Gasteiger partial charge in [-0.25, -0.2) is 0 Å². The lowest BCUT2D eigenvalue weighted by atomic mass is 9.92. The van der Waals surface area contributed by atoms with E-state index < -0.39 is 0 Å². The molecule has 2 N–H and O–H groups in total. The molecular formula is C9H18N2S. The summed E-state index contributed by atoms with van der Waals surface area (Å²) < 4.78 is 0. The molecule has 1 spiro atoms. The Balaban J connectivity index is 1.97. The van der Waals surface area contributed by atoms with E-state index in [-0.39, 0.29) is 0 Å². The Morgan fingerprint density at radius 1 is 1.50 bits per heavy atom. The van der Waals surface area contributed by atoms with E-state index in [1.165, 1.54) is 30.9 Å². The van der Waals surface area contributed by atoms with Gasteiger partial charge in [-0.05, 0) is 25.5 Å². The Hall–Kier alpha value is 0.270. The van der Waals surface area contributed by atoms with Crippen LogP contribution in [0.3, 0.4) is 0 Å². The minimum Gasteiger partial charge on any atom is -0.313 e. The normalized spacial score (nSPS) is 43.2. The Kier molecular flexibility index (Phi) is 2.63. The SMILES string of the molecule is CC1CNCC2(CCCSC2)N1. The predicted octanol–water partition coefficient (Wildman–Crippen LogP) is 0.833. The van der Waals surface area contributed by atoms with E-state index in [0.29, 0.717) is 11.6 Å². The third-order valence-electron chi connectivity index (χ3n) is 2.79. The zero-order valence-electron chi connectivity index (χ0n) is 7.73. The summed E-state index contributed by atoms with van der Waals surface area (Å²) >= 11 is 2.10. The number of thioether (sulfide) groups is 1. The van der Waals surface area contributed by atoms with Gasteiger partial charge in [0, 0.05) is 30.4 Å². The van der Waals surface area contributed by atoms with Gasteiger partial charge >= 0.3 is 0 Å². The molecule has 0 aliphatic carbocycles. The van der Waals surface area contributed by atoms with Gasteiger partial charge in [-0.1, -0.05) is 0 Å². The molecule has 2 atom stereocenters. The Bertz CT molecular complexity index is 149. The summed E-state index contributed by atoms with van der Waals surface area (Å²) in [4.78, 5) is 0. The van der Waals surface area contributed by atoms with Crippen LogP contribution in [0.2, 0.25) is 0 Å². The topological polar surface area (TPSA) is 24.1 Å². The number of rotatable bonds is 0. The zero-order chi connectivity index (χ0) is 8.44. The highest BCUT2D eigenvalue weighted by Crippen LogP contribution is 2.27. The van der Waals surface area contributed by atoms with Crippen LogP contribution in [0.5, 0.6) is 0 Å². The number of hydrogen-bond donors (Lipinski definition) is 2. The molecule has 2 fully saturated rings. The summed E-state index contributed by atoms with van der Waals surface area (Å²) in [6.45, 7) is 4.57.